The zero-order valence-electron chi connectivity index (χ0n) is 14.7. The Labute approximate surface area is 154 Å². The molecule has 0 aromatic carbocycles. The van der Waals surface area contributed by atoms with E-state index < -0.39 is 11.7 Å². The number of rotatable bonds is 5. The highest BCUT2D eigenvalue weighted by molar-refractivity contribution is 5.80. The van der Waals surface area contributed by atoms with Crippen molar-refractivity contribution >= 4 is 17.8 Å². The fourth-order valence-corrected chi connectivity index (χ4v) is 3.18. The summed E-state index contributed by atoms with van der Waals surface area (Å²) in [6.45, 7) is 2.72. The molecule has 0 bridgehead atoms. The van der Waals surface area contributed by atoms with Gasteiger partial charge in [0.15, 0.2) is 0 Å². The zero-order chi connectivity index (χ0) is 19.4. The molecule has 27 heavy (non-hydrogen) atoms. The van der Waals surface area contributed by atoms with E-state index in [0.29, 0.717) is 51.6 Å². The number of aromatic nitrogens is 1. The lowest BCUT2D eigenvalue weighted by molar-refractivity contribution is -0.137. The fourth-order valence-electron chi connectivity index (χ4n) is 3.18. The third kappa shape index (κ3) is 4.81. The van der Waals surface area contributed by atoms with E-state index in [9.17, 15) is 22.8 Å². The number of nitrogens with zero attached hydrogens (tertiary/aromatic N) is 3. The van der Waals surface area contributed by atoms with E-state index in [4.69, 9.17) is 4.74 Å². The second-order valence-corrected chi connectivity index (χ2v) is 6.58. The van der Waals surface area contributed by atoms with Crippen molar-refractivity contribution in [2.75, 3.05) is 44.2 Å². The lowest BCUT2D eigenvalue weighted by Crippen LogP contribution is -2.43. The number of cyclic esters (lactones) is 1. The first-order valence-corrected chi connectivity index (χ1v) is 8.82. The molecule has 2 fully saturated rings. The first-order chi connectivity index (χ1) is 12.8. The van der Waals surface area contributed by atoms with Crippen LogP contribution < -0.4 is 10.2 Å². The summed E-state index contributed by atoms with van der Waals surface area (Å²) in [6.07, 6.45) is -2.60. The maximum Gasteiger partial charge on any atom is 0.417 e. The smallest absolute Gasteiger partial charge is 0.417 e. The third-order valence-corrected chi connectivity index (χ3v) is 4.70. The van der Waals surface area contributed by atoms with E-state index in [-0.39, 0.29) is 17.9 Å². The number of alkyl halides is 3. The zero-order valence-corrected chi connectivity index (χ0v) is 14.7. The first-order valence-electron chi connectivity index (χ1n) is 8.82. The van der Waals surface area contributed by atoms with Crippen LogP contribution in [0.1, 0.15) is 18.4 Å². The van der Waals surface area contributed by atoms with Gasteiger partial charge in [-0.3, -0.25) is 4.79 Å². The average molecular weight is 386 g/mol. The van der Waals surface area contributed by atoms with Crippen molar-refractivity contribution in [3.63, 3.8) is 0 Å². The minimum absolute atomic E-state index is 0.130. The second-order valence-electron chi connectivity index (χ2n) is 6.58. The molecule has 3 rings (SSSR count). The van der Waals surface area contributed by atoms with Crippen LogP contribution >= 0.6 is 0 Å². The molecule has 1 atom stereocenters. The van der Waals surface area contributed by atoms with Crippen molar-refractivity contribution in [3.8, 4) is 0 Å². The van der Waals surface area contributed by atoms with E-state index in [2.05, 4.69) is 10.3 Å². The summed E-state index contributed by atoms with van der Waals surface area (Å²) in [6, 6.07) is 2.32. The van der Waals surface area contributed by atoms with Gasteiger partial charge in [-0.05, 0) is 25.0 Å². The molecule has 0 radical (unpaired) electrons. The number of nitrogens with one attached hydrogen (secondary N) is 1. The molecule has 1 aromatic heterocycles. The number of amides is 2. The van der Waals surface area contributed by atoms with E-state index >= 15 is 0 Å². The maximum absolute atomic E-state index is 12.6. The molecule has 1 unspecified atom stereocenters. The molecule has 10 heteroatoms. The molecule has 1 aromatic rings. The fraction of sp³-hybridized carbons (Fsp3) is 0.588. The van der Waals surface area contributed by atoms with Gasteiger partial charge in [0.2, 0.25) is 5.91 Å². The summed E-state index contributed by atoms with van der Waals surface area (Å²) in [5.41, 5.74) is -0.795. The molecular weight excluding hydrogens is 365 g/mol. The van der Waals surface area contributed by atoms with Crippen LogP contribution in [0, 0.1) is 5.92 Å². The number of halogens is 3. The van der Waals surface area contributed by atoms with Crippen LogP contribution in [-0.2, 0) is 15.7 Å². The summed E-state index contributed by atoms with van der Waals surface area (Å²) < 4.78 is 42.7. The van der Waals surface area contributed by atoms with Crippen LogP contribution in [0.2, 0.25) is 0 Å². The molecule has 2 amide bonds. The van der Waals surface area contributed by atoms with Gasteiger partial charge in [0.05, 0.1) is 18.1 Å². The van der Waals surface area contributed by atoms with Crippen LogP contribution in [0.15, 0.2) is 18.3 Å². The van der Waals surface area contributed by atoms with Gasteiger partial charge in [-0.2, -0.15) is 13.2 Å². The number of pyridine rings is 1. The Morgan fingerprint density at radius 3 is 2.81 bits per heavy atom. The average Bonchev–Trinajstić information content (AvgIpc) is 3.13. The number of anilines is 1. The van der Waals surface area contributed by atoms with Crippen LogP contribution in [-0.4, -0.2) is 61.2 Å². The summed E-state index contributed by atoms with van der Waals surface area (Å²) in [4.78, 5) is 31.0. The van der Waals surface area contributed by atoms with Crippen LogP contribution in [0.25, 0.3) is 0 Å². The number of hydrogen-bond acceptors (Lipinski definition) is 5. The number of carbonyl (C=O) groups excluding carboxylic acids is 2. The van der Waals surface area contributed by atoms with E-state index in [1.54, 1.807) is 9.80 Å². The van der Waals surface area contributed by atoms with Crippen molar-refractivity contribution in [1.29, 1.82) is 0 Å². The molecule has 0 saturated carbocycles. The van der Waals surface area contributed by atoms with Crippen molar-refractivity contribution in [1.82, 2.24) is 15.2 Å². The molecule has 0 aliphatic carbocycles. The molecule has 1 N–H and O–H groups in total. The lowest BCUT2D eigenvalue weighted by Gasteiger charge is -2.26. The van der Waals surface area contributed by atoms with Gasteiger partial charge >= 0.3 is 12.3 Å². The Morgan fingerprint density at radius 2 is 2.15 bits per heavy atom. The van der Waals surface area contributed by atoms with Gasteiger partial charge < -0.3 is 19.9 Å². The topological polar surface area (TPSA) is 74.8 Å². The highest BCUT2D eigenvalue weighted by atomic mass is 19.4. The van der Waals surface area contributed by atoms with Gasteiger partial charge in [0.25, 0.3) is 0 Å². The molecule has 7 nitrogen and oxygen atoms in total. The summed E-state index contributed by atoms with van der Waals surface area (Å²) in [5.74, 6) is 0.0338. The first kappa shape index (κ1) is 19.2. The van der Waals surface area contributed by atoms with Crippen molar-refractivity contribution < 1.29 is 27.5 Å². The van der Waals surface area contributed by atoms with Crippen molar-refractivity contribution in [2.24, 2.45) is 5.92 Å². The molecule has 0 spiro atoms. The van der Waals surface area contributed by atoms with Crippen LogP contribution in [0.3, 0.4) is 0 Å². The summed E-state index contributed by atoms with van der Waals surface area (Å²) >= 11 is 0. The van der Waals surface area contributed by atoms with Crippen molar-refractivity contribution in [2.45, 2.75) is 19.0 Å². The summed E-state index contributed by atoms with van der Waals surface area (Å²) in [5, 5.41) is 2.81. The lowest BCUT2D eigenvalue weighted by atomic mass is 10.1. The number of ether oxygens (including phenoxy) is 1. The van der Waals surface area contributed by atoms with Gasteiger partial charge in [-0.25, -0.2) is 9.78 Å². The Balaban J connectivity index is 1.46. The predicted octanol–water partition coefficient (Wildman–Crippen LogP) is 1.89. The van der Waals surface area contributed by atoms with E-state index in [0.717, 1.165) is 18.7 Å². The molecule has 3 heterocycles. The minimum Gasteiger partial charge on any atom is -0.449 e. The third-order valence-electron chi connectivity index (χ3n) is 4.70. The molecule has 2 saturated heterocycles. The molecular formula is C17H21F3N4O3. The van der Waals surface area contributed by atoms with Crippen LogP contribution in [0.4, 0.5) is 23.8 Å². The highest BCUT2D eigenvalue weighted by Gasteiger charge is 2.32. The van der Waals surface area contributed by atoms with Crippen molar-refractivity contribution in [3.05, 3.63) is 23.9 Å². The highest BCUT2D eigenvalue weighted by Crippen LogP contribution is 2.30. The quantitative estimate of drug-likeness (QED) is 0.837. The van der Waals surface area contributed by atoms with Gasteiger partial charge in [-0.15, -0.1) is 0 Å². The predicted molar refractivity (Wildman–Crippen MR) is 90.1 cm³/mol. The second kappa shape index (κ2) is 8.01. The Morgan fingerprint density at radius 1 is 1.33 bits per heavy atom. The Kier molecular flexibility index (Phi) is 5.71. The van der Waals surface area contributed by atoms with E-state index in [1.807, 2.05) is 0 Å². The molecule has 148 valence electrons. The number of hydrogen-bond donors (Lipinski definition) is 1. The van der Waals surface area contributed by atoms with Gasteiger partial charge in [-0.1, -0.05) is 0 Å². The van der Waals surface area contributed by atoms with Gasteiger partial charge in [0, 0.05) is 38.9 Å². The Hall–Kier alpha value is -2.52. The Bertz CT molecular complexity index is 681. The standard InChI is InChI=1S/C17H21F3N4O3/c18-17(19,20)13-2-3-14(22-10-13)24-7-4-12(11-24)15(25)21-5-8-23-6-1-9-27-16(23)26/h2-3,10,12H,1,4-9,11H2,(H,21,25). The maximum atomic E-state index is 12.6. The van der Waals surface area contributed by atoms with E-state index in [1.165, 1.54) is 6.07 Å². The monoisotopic (exact) mass is 386 g/mol. The van der Waals surface area contributed by atoms with Gasteiger partial charge in [0.1, 0.15) is 5.82 Å². The number of carbonyl (C=O) groups is 2. The SMILES string of the molecule is O=C(NCCN1CCCOC1=O)C1CCN(c2ccc(C(F)(F)F)cn2)C1. The molecule has 2 aliphatic rings. The summed E-state index contributed by atoms with van der Waals surface area (Å²) in [7, 11) is 0. The minimum atomic E-state index is -4.42. The normalized spacial score (nSPS) is 20.6. The molecule has 2 aliphatic heterocycles. The largest absolute Gasteiger partial charge is 0.449 e. The van der Waals surface area contributed by atoms with Crippen LogP contribution in [0.5, 0.6) is 0 Å².